The first kappa shape index (κ1) is 18.4. The number of imidazole rings is 1. The van der Waals surface area contributed by atoms with Gasteiger partial charge in [-0.1, -0.05) is 44.0 Å². The van der Waals surface area contributed by atoms with E-state index in [1.54, 1.807) is 24.5 Å². The molecule has 0 aliphatic heterocycles. The molecule has 2 aromatic heterocycles. The molecule has 144 valence electrons. The Hall–Kier alpha value is -2.95. The quantitative estimate of drug-likeness (QED) is 0.360. The first-order valence-electron chi connectivity index (χ1n) is 9.97. The lowest BCUT2D eigenvalue weighted by Crippen LogP contribution is -2.43. The Morgan fingerprint density at radius 2 is 1.71 bits per heavy atom. The summed E-state index contributed by atoms with van der Waals surface area (Å²) in [7, 11) is 0. The lowest BCUT2D eigenvalue weighted by atomic mass is 9.90. The molecule has 0 N–H and O–H groups in total. The number of unbranched alkanes of at least 4 members (excludes halogenated alkanes) is 3. The van der Waals surface area contributed by atoms with Gasteiger partial charge in [-0.25, -0.2) is 9.13 Å². The third-order valence-electron chi connectivity index (χ3n) is 5.52. The first-order chi connectivity index (χ1) is 13.6. The van der Waals surface area contributed by atoms with Crippen molar-refractivity contribution >= 4 is 11.6 Å². The highest BCUT2D eigenvalue weighted by Gasteiger charge is 2.42. The summed E-state index contributed by atoms with van der Waals surface area (Å²) in [6.07, 6.45) is 6.05. The summed E-state index contributed by atoms with van der Waals surface area (Å²) < 4.78 is 9.48. The van der Waals surface area contributed by atoms with Crippen molar-refractivity contribution in [3.05, 3.63) is 76.8 Å². The van der Waals surface area contributed by atoms with Gasteiger partial charge in [-0.2, -0.15) is 0 Å². The third kappa shape index (κ3) is 3.01. The van der Waals surface area contributed by atoms with Crippen molar-refractivity contribution in [2.24, 2.45) is 0 Å². The fourth-order valence-electron chi connectivity index (χ4n) is 4.04. The van der Waals surface area contributed by atoms with Crippen molar-refractivity contribution in [3.8, 4) is 0 Å². The second-order valence-corrected chi connectivity index (χ2v) is 7.33. The summed E-state index contributed by atoms with van der Waals surface area (Å²) in [4.78, 5) is 26.6. The van der Waals surface area contributed by atoms with Crippen LogP contribution in [-0.4, -0.2) is 16.1 Å². The van der Waals surface area contributed by atoms with Crippen LogP contribution in [0.25, 0.3) is 0 Å². The maximum absolute atomic E-state index is 13.3. The zero-order chi connectivity index (χ0) is 19.7. The highest BCUT2D eigenvalue weighted by molar-refractivity contribution is 6.26. The maximum Gasteiger partial charge on any atom is 0.254 e. The SMILES string of the molecule is CCCCCCn1c2c([n+](Cc3ccco3)c1C)C(=O)c1ccccc1C2=O. The van der Waals surface area contributed by atoms with Crippen LogP contribution in [-0.2, 0) is 13.1 Å². The van der Waals surface area contributed by atoms with Crippen LogP contribution in [0.5, 0.6) is 0 Å². The first-order valence-corrected chi connectivity index (χ1v) is 9.97. The Morgan fingerprint density at radius 1 is 0.964 bits per heavy atom. The number of ketones is 2. The van der Waals surface area contributed by atoms with E-state index in [1.165, 1.54) is 6.42 Å². The molecular weight excluding hydrogens is 352 g/mol. The van der Waals surface area contributed by atoms with E-state index in [9.17, 15) is 9.59 Å². The molecule has 4 rings (SSSR count). The number of fused-ring (bicyclic) bond motifs is 2. The number of hydrogen-bond acceptors (Lipinski definition) is 3. The molecule has 5 nitrogen and oxygen atoms in total. The molecule has 1 aromatic carbocycles. The average molecular weight is 377 g/mol. The van der Waals surface area contributed by atoms with E-state index < -0.39 is 0 Å². The molecule has 0 bridgehead atoms. The van der Waals surface area contributed by atoms with Crippen LogP contribution in [0, 0.1) is 6.92 Å². The predicted octanol–water partition coefficient (Wildman–Crippen LogP) is 4.08. The fourth-order valence-corrected chi connectivity index (χ4v) is 4.04. The number of carbonyl (C=O) groups is 2. The lowest BCUT2D eigenvalue weighted by Gasteiger charge is -2.12. The van der Waals surface area contributed by atoms with Gasteiger partial charge in [-0.05, 0) is 25.0 Å². The Kier molecular flexibility index (Phi) is 4.99. The summed E-state index contributed by atoms with van der Waals surface area (Å²) >= 11 is 0. The van der Waals surface area contributed by atoms with Gasteiger partial charge < -0.3 is 4.42 Å². The zero-order valence-electron chi connectivity index (χ0n) is 16.4. The van der Waals surface area contributed by atoms with E-state index >= 15 is 0 Å². The molecule has 0 unspecified atom stereocenters. The van der Waals surface area contributed by atoms with Gasteiger partial charge >= 0.3 is 0 Å². The van der Waals surface area contributed by atoms with Gasteiger partial charge in [0, 0.05) is 18.1 Å². The Morgan fingerprint density at radius 3 is 2.39 bits per heavy atom. The fraction of sp³-hybridized carbons (Fsp3) is 0.348. The van der Waals surface area contributed by atoms with E-state index in [2.05, 4.69) is 6.92 Å². The van der Waals surface area contributed by atoms with Crippen molar-refractivity contribution in [1.29, 1.82) is 0 Å². The number of aromatic nitrogens is 2. The number of hydrogen-bond donors (Lipinski definition) is 0. The summed E-state index contributed by atoms with van der Waals surface area (Å²) in [5.41, 5.74) is 1.98. The van der Waals surface area contributed by atoms with Gasteiger partial charge in [-0.15, -0.1) is 0 Å². The molecule has 0 saturated carbocycles. The van der Waals surface area contributed by atoms with E-state index in [4.69, 9.17) is 4.42 Å². The molecule has 3 aromatic rings. The normalized spacial score (nSPS) is 12.9. The minimum atomic E-state index is -0.0906. The van der Waals surface area contributed by atoms with Gasteiger partial charge in [0.05, 0.1) is 12.8 Å². The van der Waals surface area contributed by atoms with Crippen LogP contribution in [0.4, 0.5) is 0 Å². The van der Waals surface area contributed by atoms with Crippen LogP contribution in [0.1, 0.15) is 76.3 Å². The minimum Gasteiger partial charge on any atom is -0.465 e. The van der Waals surface area contributed by atoms with Gasteiger partial charge in [0.25, 0.3) is 5.82 Å². The number of benzene rings is 1. The average Bonchev–Trinajstić information content (AvgIpc) is 3.31. The number of nitrogens with zero attached hydrogens (tertiary/aromatic N) is 2. The summed E-state index contributed by atoms with van der Waals surface area (Å²) in [5.74, 6) is 1.51. The number of carbonyl (C=O) groups excluding carboxylic acids is 2. The molecule has 28 heavy (non-hydrogen) atoms. The van der Waals surface area contributed by atoms with Crippen LogP contribution in [0.15, 0.2) is 47.1 Å². The Bertz CT molecular complexity index is 1030. The topological polar surface area (TPSA) is 56.1 Å². The lowest BCUT2D eigenvalue weighted by molar-refractivity contribution is -0.697. The van der Waals surface area contributed by atoms with Gasteiger partial charge in [0.15, 0.2) is 0 Å². The molecule has 1 aliphatic rings. The van der Waals surface area contributed by atoms with Crippen LogP contribution in [0.2, 0.25) is 0 Å². The largest absolute Gasteiger partial charge is 0.465 e. The van der Waals surface area contributed by atoms with E-state index in [1.807, 2.05) is 34.3 Å². The van der Waals surface area contributed by atoms with Crippen LogP contribution < -0.4 is 4.57 Å². The molecule has 0 atom stereocenters. The minimum absolute atomic E-state index is 0.0676. The highest BCUT2D eigenvalue weighted by Crippen LogP contribution is 2.27. The molecule has 1 aliphatic carbocycles. The second kappa shape index (κ2) is 7.58. The van der Waals surface area contributed by atoms with Crippen molar-refractivity contribution in [3.63, 3.8) is 0 Å². The zero-order valence-corrected chi connectivity index (χ0v) is 16.4. The second-order valence-electron chi connectivity index (χ2n) is 7.33. The number of rotatable bonds is 7. The van der Waals surface area contributed by atoms with Gasteiger partial charge in [-0.3, -0.25) is 9.59 Å². The van der Waals surface area contributed by atoms with E-state index in [0.717, 1.165) is 37.4 Å². The Labute approximate surface area is 164 Å². The van der Waals surface area contributed by atoms with Crippen molar-refractivity contribution in [2.45, 2.75) is 52.6 Å². The molecule has 0 radical (unpaired) electrons. The van der Waals surface area contributed by atoms with E-state index in [-0.39, 0.29) is 11.6 Å². The predicted molar refractivity (Wildman–Crippen MR) is 105 cm³/mol. The molecule has 0 saturated heterocycles. The van der Waals surface area contributed by atoms with Crippen LogP contribution in [0.3, 0.4) is 0 Å². The highest BCUT2D eigenvalue weighted by atomic mass is 16.3. The summed E-state index contributed by atoms with van der Waals surface area (Å²) in [5, 5.41) is 0. The third-order valence-corrected chi connectivity index (χ3v) is 5.52. The van der Waals surface area contributed by atoms with Crippen molar-refractivity contribution < 1.29 is 18.6 Å². The molecule has 5 heteroatoms. The van der Waals surface area contributed by atoms with Gasteiger partial charge in [0.1, 0.15) is 12.3 Å². The molecule has 0 fully saturated rings. The molecule has 2 heterocycles. The number of furan rings is 1. The molecular formula is C23H25N2O3+. The van der Waals surface area contributed by atoms with Crippen molar-refractivity contribution in [1.82, 2.24) is 4.57 Å². The van der Waals surface area contributed by atoms with E-state index in [0.29, 0.717) is 29.1 Å². The van der Waals surface area contributed by atoms with Crippen LogP contribution >= 0.6 is 0 Å². The maximum atomic E-state index is 13.3. The summed E-state index contributed by atoms with van der Waals surface area (Å²) in [6.45, 7) is 5.33. The standard InChI is InChI=1S/C23H25N2O3/c1-3-4-5-8-13-24-16(2)25(15-17-10-9-14-28-17)21-20(24)22(26)18-11-6-7-12-19(18)23(21)27/h6-7,9-12,14H,3-5,8,13,15H2,1-2H3/q+1. The van der Waals surface area contributed by atoms with Gasteiger partial charge in [0.2, 0.25) is 23.0 Å². The monoisotopic (exact) mass is 377 g/mol. The summed E-state index contributed by atoms with van der Waals surface area (Å²) in [6, 6.07) is 10.8. The Balaban J connectivity index is 1.83. The molecule has 0 spiro atoms. The van der Waals surface area contributed by atoms with Crippen molar-refractivity contribution in [2.75, 3.05) is 0 Å². The smallest absolute Gasteiger partial charge is 0.254 e. The molecule has 0 amide bonds.